The molecule has 5 aliphatic rings. The summed E-state index contributed by atoms with van der Waals surface area (Å²) >= 11 is 0. The number of hydrogen-bond donors (Lipinski definition) is 1. The number of ether oxygens (including phenoxy) is 1. The van der Waals surface area contributed by atoms with Crippen LogP contribution in [0.5, 0.6) is 0 Å². The highest BCUT2D eigenvalue weighted by molar-refractivity contribution is 6.47. The third kappa shape index (κ3) is 3.71. The number of carbonyl (C=O) groups excluding carboxylic acids is 1. The number of alkyl carbamates (subject to hydrolysis) is 1. The van der Waals surface area contributed by atoms with Gasteiger partial charge in [-0.25, -0.2) is 4.79 Å². The van der Waals surface area contributed by atoms with Crippen molar-refractivity contribution >= 4 is 13.2 Å². The van der Waals surface area contributed by atoms with Crippen LogP contribution in [0.15, 0.2) is 48.5 Å². The van der Waals surface area contributed by atoms with Gasteiger partial charge < -0.3 is 19.4 Å². The van der Waals surface area contributed by atoms with Gasteiger partial charge in [0, 0.05) is 5.92 Å². The molecule has 0 aromatic heterocycles. The van der Waals surface area contributed by atoms with Crippen LogP contribution < -0.4 is 5.32 Å². The van der Waals surface area contributed by atoms with Crippen LogP contribution in [0, 0.1) is 23.2 Å². The van der Waals surface area contributed by atoms with E-state index >= 15 is 0 Å². The maximum absolute atomic E-state index is 13.1. The highest BCUT2D eigenvalue weighted by Crippen LogP contribution is 2.65. The Balaban J connectivity index is 1.14. The minimum atomic E-state index is -0.446. The molecule has 5 nitrogen and oxygen atoms in total. The van der Waals surface area contributed by atoms with Crippen LogP contribution >= 0.6 is 0 Å². The number of hydrogen-bond acceptors (Lipinski definition) is 4. The first kappa shape index (κ1) is 24.1. The minimum Gasteiger partial charge on any atom is -0.449 e. The quantitative estimate of drug-likeness (QED) is 0.493. The first-order valence-electron chi connectivity index (χ1n) is 13.6. The highest BCUT2D eigenvalue weighted by Gasteiger charge is 2.68. The van der Waals surface area contributed by atoms with E-state index in [0.717, 1.165) is 12.8 Å². The van der Waals surface area contributed by atoms with Crippen molar-refractivity contribution in [1.29, 1.82) is 0 Å². The smallest absolute Gasteiger partial charge is 0.449 e. The lowest BCUT2D eigenvalue weighted by Gasteiger charge is -2.64. The van der Waals surface area contributed by atoms with Crippen LogP contribution in [0.1, 0.15) is 70.9 Å². The van der Waals surface area contributed by atoms with Crippen molar-refractivity contribution < 1.29 is 18.8 Å². The summed E-state index contributed by atoms with van der Waals surface area (Å²) in [7, 11) is -0.446. The maximum Gasteiger partial charge on any atom is 0.481 e. The first-order chi connectivity index (χ1) is 17.2. The van der Waals surface area contributed by atoms with E-state index in [-0.39, 0.29) is 29.0 Å². The number of rotatable bonds is 6. The van der Waals surface area contributed by atoms with E-state index in [1.807, 2.05) is 0 Å². The Hall–Kier alpha value is -2.31. The second-order valence-corrected chi connectivity index (χ2v) is 12.5. The number of amides is 1. The lowest BCUT2D eigenvalue weighted by atomic mass is 9.43. The molecule has 0 spiro atoms. The molecule has 1 heterocycles. The van der Waals surface area contributed by atoms with Gasteiger partial charge in [0.25, 0.3) is 0 Å². The Morgan fingerprint density at radius 1 is 1.06 bits per heavy atom. The summed E-state index contributed by atoms with van der Waals surface area (Å²) in [5.41, 5.74) is 4.88. The molecule has 0 radical (unpaired) electrons. The molecule has 2 aromatic rings. The highest BCUT2D eigenvalue weighted by atomic mass is 16.7. The fourth-order valence-corrected chi connectivity index (χ4v) is 7.61. The van der Waals surface area contributed by atoms with Crippen molar-refractivity contribution in [2.45, 2.75) is 77.4 Å². The predicted octanol–water partition coefficient (Wildman–Crippen LogP) is 6.21. The van der Waals surface area contributed by atoms with Gasteiger partial charge in [-0.15, -0.1) is 0 Å². The number of nitrogens with one attached hydrogen (secondary N) is 1. The van der Waals surface area contributed by atoms with Crippen molar-refractivity contribution in [3.63, 3.8) is 0 Å². The summed E-state index contributed by atoms with van der Waals surface area (Å²) < 4.78 is 19.0. The summed E-state index contributed by atoms with van der Waals surface area (Å²) in [5, 5.41) is 3.13. The standard InChI is InChI=1S/C30H38BNO4/c1-18(2)14-27(31-35-26-16-19-15-25(29(19,3)4)30(26,5)36-31)32-28(33)34-17-24-22-12-8-6-10-20(22)21-11-7-9-13-23(21)24/h6-13,18-19,24-27H,14-17H2,1-5H3,(H,32,33)/t19-,25-,26+,27-,30-/m0/s1. The van der Waals surface area contributed by atoms with Gasteiger partial charge >= 0.3 is 13.2 Å². The van der Waals surface area contributed by atoms with Gasteiger partial charge in [-0.2, -0.15) is 0 Å². The fourth-order valence-electron chi connectivity index (χ4n) is 7.61. The van der Waals surface area contributed by atoms with Crippen LogP contribution in [0.4, 0.5) is 4.79 Å². The van der Waals surface area contributed by atoms with Gasteiger partial charge in [-0.05, 0) is 71.6 Å². The third-order valence-electron chi connectivity index (χ3n) is 9.67. The van der Waals surface area contributed by atoms with E-state index in [1.54, 1.807) is 0 Å². The topological polar surface area (TPSA) is 56.8 Å². The zero-order valence-corrected chi connectivity index (χ0v) is 22.1. The van der Waals surface area contributed by atoms with Crippen molar-refractivity contribution in [3.8, 4) is 11.1 Å². The molecule has 3 saturated carbocycles. The van der Waals surface area contributed by atoms with Gasteiger partial charge in [0.15, 0.2) is 0 Å². The van der Waals surface area contributed by atoms with Gasteiger partial charge in [-0.1, -0.05) is 76.2 Å². The van der Waals surface area contributed by atoms with E-state index in [1.165, 1.54) is 28.7 Å². The summed E-state index contributed by atoms with van der Waals surface area (Å²) in [6.45, 7) is 11.6. The van der Waals surface area contributed by atoms with E-state index < -0.39 is 13.2 Å². The zero-order chi connectivity index (χ0) is 25.2. The number of fused-ring (bicyclic) bond motifs is 3. The molecule has 1 saturated heterocycles. The van der Waals surface area contributed by atoms with Gasteiger partial charge in [0.1, 0.15) is 6.61 Å². The van der Waals surface area contributed by atoms with Crippen molar-refractivity contribution in [3.05, 3.63) is 59.7 Å². The van der Waals surface area contributed by atoms with E-state index in [0.29, 0.717) is 24.4 Å². The van der Waals surface area contributed by atoms with Crippen molar-refractivity contribution in [1.82, 2.24) is 5.32 Å². The molecule has 2 bridgehead atoms. The fraction of sp³-hybridized carbons (Fsp3) is 0.567. The molecule has 4 aliphatic carbocycles. The van der Waals surface area contributed by atoms with Gasteiger partial charge in [0.05, 0.1) is 17.6 Å². The molecule has 2 aromatic carbocycles. The summed E-state index contributed by atoms with van der Waals surface area (Å²) in [6.07, 6.45) is 2.72. The molecular weight excluding hydrogens is 449 g/mol. The maximum atomic E-state index is 13.1. The van der Waals surface area contributed by atoms with Gasteiger partial charge in [-0.3, -0.25) is 0 Å². The average Bonchev–Trinajstić information content (AvgIpc) is 3.36. The van der Waals surface area contributed by atoms with Crippen LogP contribution in [0.2, 0.25) is 0 Å². The predicted molar refractivity (Wildman–Crippen MR) is 142 cm³/mol. The SMILES string of the molecule is CC(C)C[C@H](NC(=O)OCC1c2ccccc2-c2ccccc21)B1O[C@@H]2C[C@@H]3C[C@@H](C3(C)C)[C@]2(C)O1. The molecule has 1 N–H and O–H groups in total. The molecule has 190 valence electrons. The minimum absolute atomic E-state index is 0.0430. The second-order valence-electron chi connectivity index (χ2n) is 12.5. The van der Waals surface area contributed by atoms with Crippen LogP contribution in [0.3, 0.4) is 0 Å². The average molecular weight is 487 g/mol. The number of carbonyl (C=O) groups is 1. The summed E-state index contributed by atoms with van der Waals surface area (Å²) in [5.74, 6) is 1.37. The molecular formula is C30H38BNO4. The summed E-state index contributed by atoms with van der Waals surface area (Å²) in [4.78, 5) is 13.1. The summed E-state index contributed by atoms with van der Waals surface area (Å²) in [6, 6.07) is 16.8. The normalized spacial score (nSPS) is 30.3. The Morgan fingerprint density at radius 2 is 1.69 bits per heavy atom. The van der Waals surface area contributed by atoms with E-state index in [4.69, 9.17) is 14.0 Å². The largest absolute Gasteiger partial charge is 0.481 e. The molecule has 4 fully saturated rings. The second kappa shape index (κ2) is 8.63. The van der Waals surface area contributed by atoms with Crippen LogP contribution in [0.25, 0.3) is 11.1 Å². The van der Waals surface area contributed by atoms with Crippen LogP contribution in [-0.4, -0.2) is 37.5 Å². The molecule has 1 aliphatic heterocycles. The Bertz CT molecular complexity index is 1120. The molecule has 5 atom stereocenters. The zero-order valence-electron chi connectivity index (χ0n) is 22.1. The van der Waals surface area contributed by atoms with Crippen LogP contribution in [-0.2, 0) is 14.0 Å². The Labute approximate surface area is 215 Å². The van der Waals surface area contributed by atoms with E-state index in [2.05, 4.69) is 88.5 Å². The van der Waals surface area contributed by atoms with E-state index in [9.17, 15) is 4.79 Å². The van der Waals surface area contributed by atoms with Crippen molar-refractivity contribution in [2.24, 2.45) is 23.2 Å². The molecule has 1 amide bonds. The molecule has 36 heavy (non-hydrogen) atoms. The lowest BCUT2D eigenvalue weighted by Crippen LogP contribution is -2.65. The third-order valence-corrected chi connectivity index (χ3v) is 9.67. The molecule has 6 heteroatoms. The first-order valence-corrected chi connectivity index (χ1v) is 13.6. The number of benzene rings is 2. The van der Waals surface area contributed by atoms with Crippen molar-refractivity contribution in [2.75, 3.05) is 6.61 Å². The molecule has 7 rings (SSSR count). The van der Waals surface area contributed by atoms with Gasteiger partial charge in [0.2, 0.25) is 0 Å². The monoisotopic (exact) mass is 487 g/mol. The molecule has 0 unspecified atom stereocenters. The Kier molecular flexibility index (Phi) is 5.77. The lowest BCUT2D eigenvalue weighted by molar-refractivity contribution is -0.199. The Morgan fingerprint density at radius 3 is 2.31 bits per heavy atom.